The van der Waals surface area contributed by atoms with Gasteiger partial charge < -0.3 is 5.11 Å². The van der Waals surface area contributed by atoms with Crippen LogP contribution >= 0.6 is 11.6 Å². The highest BCUT2D eigenvalue weighted by molar-refractivity contribution is 6.31. The van der Waals surface area contributed by atoms with Crippen molar-refractivity contribution in [2.45, 2.75) is 12.5 Å². The zero-order valence-electron chi connectivity index (χ0n) is 8.85. The molecule has 0 fully saturated rings. The normalized spacial score (nSPS) is 12.4. The Hall–Kier alpha value is -1.52. The fourth-order valence-corrected chi connectivity index (χ4v) is 1.68. The molecular formula is C12H10ClFN2O. The van der Waals surface area contributed by atoms with E-state index in [1.54, 1.807) is 18.5 Å². The highest BCUT2D eigenvalue weighted by atomic mass is 35.5. The molecular weight excluding hydrogens is 243 g/mol. The number of hydrogen-bond acceptors (Lipinski definition) is 3. The molecule has 1 atom stereocenters. The number of aliphatic hydroxyl groups is 1. The molecule has 1 N–H and O–H groups in total. The van der Waals surface area contributed by atoms with Crippen molar-refractivity contribution in [2.24, 2.45) is 0 Å². The molecule has 0 radical (unpaired) electrons. The molecule has 2 rings (SSSR count). The van der Waals surface area contributed by atoms with Gasteiger partial charge in [-0.1, -0.05) is 11.6 Å². The molecule has 0 aliphatic rings. The van der Waals surface area contributed by atoms with E-state index in [0.29, 0.717) is 16.4 Å². The molecule has 0 saturated carbocycles. The molecule has 1 unspecified atom stereocenters. The van der Waals surface area contributed by atoms with Gasteiger partial charge in [-0.2, -0.15) is 0 Å². The third kappa shape index (κ3) is 2.99. The zero-order chi connectivity index (χ0) is 12.3. The van der Waals surface area contributed by atoms with Crippen molar-refractivity contribution in [3.05, 3.63) is 58.9 Å². The second kappa shape index (κ2) is 5.21. The van der Waals surface area contributed by atoms with Gasteiger partial charge in [0.1, 0.15) is 11.9 Å². The van der Waals surface area contributed by atoms with E-state index in [4.69, 9.17) is 11.6 Å². The summed E-state index contributed by atoms with van der Waals surface area (Å²) in [6, 6.07) is 5.70. The molecule has 0 spiro atoms. The SMILES string of the molecule is OC(Cc1cc(F)ccc1Cl)c1ncccn1. The maximum atomic E-state index is 13.0. The molecule has 17 heavy (non-hydrogen) atoms. The molecule has 1 heterocycles. The predicted octanol–water partition coefficient (Wildman–Crippen LogP) is 2.55. The van der Waals surface area contributed by atoms with Crippen LogP contribution in [0.3, 0.4) is 0 Å². The molecule has 1 aromatic carbocycles. The summed E-state index contributed by atoms with van der Waals surface area (Å²) in [5.74, 6) is -0.0848. The minimum absolute atomic E-state index is 0.181. The monoisotopic (exact) mass is 252 g/mol. The summed E-state index contributed by atoms with van der Waals surface area (Å²) < 4.78 is 13.0. The second-order valence-corrected chi connectivity index (χ2v) is 3.97. The van der Waals surface area contributed by atoms with Crippen LogP contribution in [0.25, 0.3) is 0 Å². The van der Waals surface area contributed by atoms with Crippen molar-refractivity contribution in [1.29, 1.82) is 0 Å². The summed E-state index contributed by atoms with van der Waals surface area (Å²) in [5, 5.41) is 10.3. The summed E-state index contributed by atoms with van der Waals surface area (Å²) >= 11 is 5.91. The standard InChI is InChI=1S/C12H10ClFN2O/c13-10-3-2-9(14)6-8(10)7-11(17)12-15-4-1-5-16-12/h1-6,11,17H,7H2. The predicted molar refractivity (Wildman–Crippen MR) is 62.1 cm³/mol. The van der Waals surface area contributed by atoms with Crippen molar-refractivity contribution in [3.8, 4) is 0 Å². The first-order valence-corrected chi connectivity index (χ1v) is 5.43. The van der Waals surface area contributed by atoms with Crippen LogP contribution in [-0.2, 0) is 6.42 Å². The van der Waals surface area contributed by atoms with E-state index < -0.39 is 6.10 Å². The lowest BCUT2D eigenvalue weighted by atomic mass is 10.1. The van der Waals surface area contributed by atoms with Gasteiger partial charge in [0.2, 0.25) is 0 Å². The molecule has 0 amide bonds. The van der Waals surface area contributed by atoms with Crippen LogP contribution in [0.1, 0.15) is 17.5 Å². The number of hydrogen-bond donors (Lipinski definition) is 1. The maximum absolute atomic E-state index is 13.0. The Morgan fingerprint density at radius 2 is 2.00 bits per heavy atom. The van der Waals surface area contributed by atoms with Crippen molar-refractivity contribution in [1.82, 2.24) is 9.97 Å². The number of nitrogens with zero attached hydrogens (tertiary/aromatic N) is 2. The van der Waals surface area contributed by atoms with Crippen LogP contribution in [-0.4, -0.2) is 15.1 Å². The third-order valence-electron chi connectivity index (χ3n) is 2.30. The van der Waals surface area contributed by atoms with E-state index in [0.717, 1.165) is 0 Å². The first kappa shape index (κ1) is 12.0. The molecule has 5 heteroatoms. The minimum Gasteiger partial charge on any atom is -0.385 e. The van der Waals surface area contributed by atoms with Gasteiger partial charge in [-0.05, 0) is 29.8 Å². The van der Waals surface area contributed by atoms with Crippen LogP contribution in [0.2, 0.25) is 5.02 Å². The number of aliphatic hydroxyl groups excluding tert-OH is 1. The fourth-order valence-electron chi connectivity index (χ4n) is 1.48. The van der Waals surface area contributed by atoms with E-state index >= 15 is 0 Å². The molecule has 2 aromatic rings. The molecule has 0 bridgehead atoms. The molecule has 88 valence electrons. The lowest BCUT2D eigenvalue weighted by Gasteiger charge is -2.10. The van der Waals surface area contributed by atoms with Gasteiger partial charge in [0.15, 0.2) is 5.82 Å². The first-order chi connectivity index (χ1) is 8.16. The fraction of sp³-hybridized carbons (Fsp3) is 0.167. The Bertz CT molecular complexity index is 507. The van der Waals surface area contributed by atoms with E-state index in [-0.39, 0.29) is 12.2 Å². The summed E-state index contributed by atoms with van der Waals surface area (Å²) in [7, 11) is 0. The lowest BCUT2D eigenvalue weighted by molar-refractivity contribution is 0.168. The maximum Gasteiger partial charge on any atom is 0.157 e. The van der Waals surface area contributed by atoms with Crippen molar-refractivity contribution < 1.29 is 9.50 Å². The highest BCUT2D eigenvalue weighted by Crippen LogP contribution is 2.22. The largest absolute Gasteiger partial charge is 0.385 e. The topological polar surface area (TPSA) is 46.0 Å². The van der Waals surface area contributed by atoms with Crippen LogP contribution in [0.4, 0.5) is 4.39 Å². The molecule has 0 aliphatic carbocycles. The molecule has 1 aromatic heterocycles. The van der Waals surface area contributed by atoms with Gasteiger partial charge in [-0.15, -0.1) is 0 Å². The van der Waals surface area contributed by atoms with Crippen LogP contribution in [0, 0.1) is 5.82 Å². The average Bonchev–Trinajstić information content (AvgIpc) is 2.35. The Labute approximate surface area is 103 Å². The zero-order valence-corrected chi connectivity index (χ0v) is 9.60. The average molecular weight is 253 g/mol. The Balaban J connectivity index is 2.18. The number of aromatic nitrogens is 2. The highest BCUT2D eigenvalue weighted by Gasteiger charge is 2.13. The van der Waals surface area contributed by atoms with Crippen LogP contribution < -0.4 is 0 Å². The summed E-state index contributed by atoms with van der Waals surface area (Å²) in [6.45, 7) is 0. The van der Waals surface area contributed by atoms with Crippen molar-refractivity contribution in [2.75, 3.05) is 0 Å². The summed E-state index contributed by atoms with van der Waals surface area (Å²) in [6.07, 6.45) is 2.37. The molecule has 0 saturated heterocycles. The Kier molecular flexibility index (Phi) is 3.66. The summed E-state index contributed by atoms with van der Waals surface area (Å²) in [4.78, 5) is 7.86. The van der Waals surface area contributed by atoms with Gasteiger partial charge in [0, 0.05) is 23.8 Å². The molecule has 3 nitrogen and oxygen atoms in total. The number of benzene rings is 1. The first-order valence-electron chi connectivity index (χ1n) is 5.05. The van der Waals surface area contributed by atoms with Gasteiger partial charge in [0.25, 0.3) is 0 Å². The Morgan fingerprint density at radius 3 is 2.71 bits per heavy atom. The van der Waals surface area contributed by atoms with Gasteiger partial charge in [0.05, 0.1) is 0 Å². The smallest absolute Gasteiger partial charge is 0.157 e. The van der Waals surface area contributed by atoms with Crippen LogP contribution in [0.5, 0.6) is 0 Å². The number of halogens is 2. The van der Waals surface area contributed by atoms with Crippen molar-refractivity contribution in [3.63, 3.8) is 0 Å². The Morgan fingerprint density at radius 1 is 1.29 bits per heavy atom. The van der Waals surface area contributed by atoms with E-state index in [1.165, 1.54) is 18.2 Å². The van der Waals surface area contributed by atoms with Crippen molar-refractivity contribution >= 4 is 11.6 Å². The van der Waals surface area contributed by atoms with E-state index in [1.807, 2.05) is 0 Å². The minimum atomic E-state index is -0.893. The third-order valence-corrected chi connectivity index (χ3v) is 2.67. The van der Waals surface area contributed by atoms with Gasteiger partial charge in [-0.3, -0.25) is 0 Å². The lowest BCUT2D eigenvalue weighted by Crippen LogP contribution is -2.06. The quantitative estimate of drug-likeness (QED) is 0.913. The summed E-state index contributed by atoms with van der Waals surface area (Å²) in [5.41, 5.74) is 0.534. The van der Waals surface area contributed by atoms with Gasteiger partial charge >= 0.3 is 0 Å². The number of rotatable bonds is 3. The second-order valence-electron chi connectivity index (χ2n) is 3.56. The van der Waals surface area contributed by atoms with E-state index in [9.17, 15) is 9.50 Å². The van der Waals surface area contributed by atoms with E-state index in [2.05, 4.69) is 9.97 Å². The van der Waals surface area contributed by atoms with Crippen LogP contribution in [0.15, 0.2) is 36.7 Å². The molecule has 0 aliphatic heterocycles. The van der Waals surface area contributed by atoms with Gasteiger partial charge in [-0.25, -0.2) is 14.4 Å².